The van der Waals surface area contributed by atoms with Crippen molar-refractivity contribution in [3.05, 3.63) is 59.9 Å². The first-order valence-electron chi connectivity index (χ1n) is 13.6. The normalized spacial score (nSPS) is 21.9. The van der Waals surface area contributed by atoms with E-state index in [0.29, 0.717) is 36.8 Å². The number of benzene rings is 1. The molecule has 2 aliphatic heterocycles. The monoisotopic (exact) mass is 538 g/mol. The zero-order valence-electron chi connectivity index (χ0n) is 22.3. The van der Waals surface area contributed by atoms with E-state index in [-0.39, 0.29) is 16.5 Å². The number of hydrogen-bond donors (Lipinski definition) is 1. The lowest BCUT2D eigenvalue weighted by Gasteiger charge is -2.25. The summed E-state index contributed by atoms with van der Waals surface area (Å²) in [5.74, 6) is 2.63. The first-order chi connectivity index (χ1) is 18.1. The van der Waals surface area contributed by atoms with Gasteiger partial charge < -0.3 is 14.5 Å². The summed E-state index contributed by atoms with van der Waals surface area (Å²) < 4.78 is 29.2. The van der Waals surface area contributed by atoms with Crippen molar-refractivity contribution in [2.75, 3.05) is 32.8 Å². The molecule has 2 saturated heterocycles. The van der Waals surface area contributed by atoms with E-state index in [1.807, 2.05) is 4.90 Å². The van der Waals surface area contributed by atoms with Crippen LogP contribution in [0, 0.1) is 17.8 Å². The smallest absolute Gasteiger partial charge is 0.272 e. The van der Waals surface area contributed by atoms with Crippen LogP contribution in [0.2, 0.25) is 0 Å². The number of carbonyl (C=O) groups is 1. The van der Waals surface area contributed by atoms with Gasteiger partial charge in [-0.1, -0.05) is 26.8 Å². The Morgan fingerprint density at radius 3 is 2.39 bits per heavy atom. The molecule has 1 aromatic heterocycles. The molecule has 8 nitrogen and oxygen atoms in total. The van der Waals surface area contributed by atoms with Crippen molar-refractivity contribution in [1.82, 2.24) is 14.8 Å². The second kappa shape index (κ2) is 10.7. The van der Waals surface area contributed by atoms with Crippen molar-refractivity contribution in [2.45, 2.75) is 50.3 Å². The molecule has 38 heavy (non-hydrogen) atoms. The van der Waals surface area contributed by atoms with E-state index >= 15 is 0 Å². The number of nitrogens with zero attached hydrogens (tertiary/aromatic N) is 3. The molecule has 2 aromatic rings. The van der Waals surface area contributed by atoms with Crippen LogP contribution in [0.4, 0.5) is 0 Å². The van der Waals surface area contributed by atoms with Crippen LogP contribution in [-0.2, 0) is 10.0 Å². The standard InChI is InChI=1S/C29H38N4O4S/c1-4-5-19(2)18-37-26-11-22(10-23(12-26)21-6-7-21)20(3)32-14-24-16-33(17-25(24)15-32)29(34)28-9-8-27(13-31-28)38(30,35)36/h8-13,19,21,24-25H,3-7,14-18H2,1-2H3,(H2,30,35,36)/t19?,24-,25-/m1/s1. The van der Waals surface area contributed by atoms with Gasteiger partial charge in [0.1, 0.15) is 16.3 Å². The predicted octanol–water partition coefficient (Wildman–Crippen LogP) is 4.10. The Hall–Kier alpha value is -2.91. The molecule has 2 N–H and O–H groups in total. The third kappa shape index (κ3) is 5.89. The molecule has 9 heteroatoms. The summed E-state index contributed by atoms with van der Waals surface area (Å²) in [6, 6.07) is 9.38. The summed E-state index contributed by atoms with van der Waals surface area (Å²) in [5.41, 5.74) is 3.72. The number of hydrogen-bond acceptors (Lipinski definition) is 6. The molecule has 3 aliphatic rings. The Labute approximate surface area is 225 Å². The SMILES string of the molecule is C=C(c1cc(OCC(C)CCC)cc(C2CC2)c1)N1C[C@@H]2CN(C(=O)c3ccc(S(N)(=O)=O)cn3)C[C@H]2C1. The number of amides is 1. The van der Waals surface area contributed by atoms with Gasteiger partial charge >= 0.3 is 0 Å². The zero-order chi connectivity index (χ0) is 27.0. The second-order valence-electron chi connectivity index (χ2n) is 11.3. The van der Waals surface area contributed by atoms with Crippen molar-refractivity contribution in [2.24, 2.45) is 22.9 Å². The number of nitrogens with two attached hydrogens (primary N) is 1. The summed E-state index contributed by atoms with van der Waals surface area (Å²) in [6.07, 6.45) is 5.94. The maximum atomic E-state index is 13.0. The number of ether oxygens (including phenoxy) is 1. The number of rotatable bonds is 10. The number of pyridine rings is 1. The first kappa shape index (κ1) is 26.7. The number of carbonyl (C=O) groups excluding carboxylic acids is 1. The summed E-state index contributed by atoms with van der Waals surface area (Å²) >= 11 is 0. The fourth-order valence-corrected chi connectivity index (χ4v) is 6.20. The topological polar surface area (TPSA) is 106 Å². The maximum absolute atomic E-state index is 13.0. The Balaban J connectivity index is 1.22. The van der Waals surface area contributed by atoms with E-state index in [2.05, 4.69) is 48.5 Å². The van der Waals surface area contributed by atoms with Crippen molar-refractivity contribution in [1.29, 1.82) is 0 Å². The molecule has 1 saturated carbocycles. The van der Waals surface area contributed by atoms with Crippen LogP contribution in [0.25, 0.3) is 5.70 Å². The molecule has 0 radical (unpaired) electrons. The van der Waals surface area contributed by atoms with E-state index in [0.717, 1.165) is 55.7 Å². The highest BCUT2D eigenvalue weighted by atomic mass is 32.2. The summed E-state index contributed by atoms with van der Waals surface area (Å²) in [4.78, 5) is 21.1. The molecular formula is C29H38N4O4S. The van der Waals surface area contributed by atoms with E-state index in [4.69, 9.17) is 9.88 Å². The molecule has 1 aliphatic carbocycles. The minimum absolute atomic E-state index is 0.101. The number of likely N-dealkylation sites (tertiary alicyclic amines) is 2. The maximum Gasteiger partial charge on any atom is 0.272 e. The number of primary sulfonamides is 1. The molecule has 3 fully saturated rings. The summed E-state index contributed by atoms with van der Waals surface area (Å²) in [7, 11) is -3.84. The molecular weight excluding hydrogens is 500 g/mol. The lowest BCUT2D eigenvalue weighted by molar-refractivity contribution is 0.0771. The minimum Gasteiger partial charge on any atom is -0.493 e. The number of aromatic nitrogens is 1. The van der Waals surface area contributed by atoms with Crippen LogP contribution < -0.4 is 9.88 Å². The van der Waals surface area contributed by atoms with Crippen LogP contribution in [0.1, 0.15) is 67.1 Å². The third-order valence-corrected chi connectivity index (χ3v) is 8.96. The van der Waals surface area contributed by atoms with E-state index in [1.165, 1.54) is 30.5 Å². The number of fused-ring (bicyclic) bond motifs is 1. The number of sulfonamides is 1. The van der Waals surface area contributed by atoms with Crippen molar-refractivity contribution in [3.63, 3.8) is 0 Å². The average Bonchev–Trinajstić information content (AvgIpc) is 3.56. The zero-order valence-corrected chi connectivity index (χ0v) is 23.1. The first-order valence-corrected chi connectivity index (χ1v) is 15.2. The largest absolute Gasteiger partial charge is 0.493 e. The molecule has 204 valence electrons. The van der Waals surface area contributed by atoms with Gasteiger partial charge in [-0.15, -0.1) is 0 Å². The minimum atomic E-state index is -3.84. The Kier molecular flexibility index (Phi) is 7.51. The van der Waals surface area contributed by atoms with Gasteiger partial charge in [0, 0.05) is 55.5 Å². The van der Waals surface area contributed by atoms with Gasteiger partial charge in [0.05, 0.1) is 6.61 Å². The summed E-state index contributed by atoms with van der Waals surface area (Å²) in [5, 5.41) is 5.14. The summed E-state index contributed by atoms with van der Waals surface area (Å²) in [6.45, 7) is 12.6. The van der Waals surface area contributed by atoms with Crippen LogP contribution in [-0.4, -0.2) is 61.9 Å². The van der Waals surface area contributed by atoms with Gasteiger partial charge in [-0.05, 0) is 67.0 Å². The molecule has 1 unspecified atom stereocenters. The molecule has 1 amide bonds. The fraction of sp³-hybridized carbons (Fsp3) is 0.517. The van der Waals surface area contributed by atoms with Crippen LogP contribution in [0.3, 0.4) is 0 Å². The van der Waals surface area contributed by atoms with Crippen molar-refractivity contribution >= 4 is 21.6 Å². The third-order valence-electron chi connectivity index (χ3n) is 8.07. The van der Waals surface area contributed by atoms with Crippen molar-refractivity contribution < 1.29 is 17.9 Å². The van der Waals surface area contributed by atoms with E-state index < -0.39 is 10.0 Å². The molecule has 5 rings (SSSR count). The van der Waals surface area contributed by atoms with Gasteiger partial charge in [-0.3, -0.25) is 4.79 Å². The molecule has 1 aromatic carbocycles. The Morgan fingerprint density at radius 1 is 1.13 bits per heavy atom. The molecule has 0 spiro atoms. The van der Waals surface area contributed by atoms with Gasteiger partial charge in [-0.2, -0.15) is 0 Å². The highest BCUT2D eigenvalue weighted by Gasteiger charge is 2.42. The lowest BCUT2D eigenvalue weighted by atomic mass is 10.0. The van der Waals surface area contributed by atoms with Gasteiger partial charge in [-0.25, -0.2) is 18.5 Å². The van der Waals surface area contributed by atoms with E-state index in [9.17, 15) is 13.2 Å². The van der Waals surface area contributed by atoms with E-state index in [1.54, 1.807) is 0 Å². The van der Waals surface area contributed by atoms with Gasteiger partial charge in [0.25, 0.3) is 5.91 Å². The van der Waals surface area contributed by atoms with Gasteiger partial charge in [0.15, 0.2) is 0 Å². The fourth-order valence-electron chi connectivity index (χ4n) is 5.74. The van der Waals surface area contributed by atoms with Gasteiger partial charge in [0.2, 0.25) is 10.0 Å². The van der Waals surface area contributed by atoms with Crippen LogP contribution in [0.15, 0.2) is 48.0 Å². The molecule has 0 bridgehead atoms. The Bertz CT molecular complexity index is 1290. The molecule has 3 atom stereocenters. The van der Waals surface area contributed by atoms with Crippen molar-refractivity contribution in [3.8, 4) is 5.75 Å². The highest BCUT2D eigenvalue weighted by Crippen LogP contribution is 2.43. The van der Waals surface area contributed by atoms with Crippen LogP contribution >= 0.6 is 0 Å². The predicted molar refractivity (Wildman–Crippen MR) is 147 cm³/mol. The molecule has 3 heterocycles. The Morgan fingerprint density at radius 2 is 1.82 bits per heavy atom. The average molecular weight is 539 g/mol. The second-order valence-corrected chi connectivity index (χ2v) is 12.8. The van der Waals surface area contributed by atoms with Crippen LogP contribution in [0.5, 0.6) is 5.75 Å². The highest BCUT2D eigenvalue weighted by molar-refractivity contribution is 7.89. The quantitative estimate of drug-likeness (QED) is 0.488. The lowest BCUT2D eigenvalue weighted by Crippen LogP contribution is -2.33.